The van der Waals surface area contributed by atoms with Gasteiger partial charge in [0.15, 0.2) is 0 Å². The summed E-state index contributed by atoms with van der Waals surface area (Å²) in [6, 6.07) is 0. The van der Waals surface area contributed by atoms with Gasteiger partial charge in [-0.05, 0) is 35.7 Å². The number of hydrogen-bond donors (Lipinski definition) is 0. The van der Waals surface area contributed by atoms with Crippen molar-refractivity contribution in [1.82, 2.24) is 9.78 Å². The minimum absolute atomic E-state index is 0.427. The fourth-order valence-corrected chi connectivity index (χ4v) is 3.83. The highest BCUT2D eigenvalue weighted by Gasteiger charge is 2.54. The van der Waals surface area contributed by atoms with Gasteiger partial charge in [-0.15, -0.1) is 0 Å². The van der Waals surface area contributed by atoms with Crippen molar-refractivity contribution in [1.29, 1.82) is 0 Å². The van der Waals surface area contributed by atoms with Crippen molar-refractivity contribution in [3.8, 4) is 0 Å². The zero-order chi connectivity index (χ0) is 12.1. The Hall–Kier alpha value is -0.0700. The molecule has 0 atom stereocenters. The molecule has 1 fully saturated rings. The molecule has 0 bridgehead atoms. The zero-order valence-electron chi connectivity index (χ0n) is 9.00. The SMILES string of the molecule is Cc1nn(C)c(CC2(S(=O)(=O)Cl)CC2)c1Br. The van der Waals surface area contributed by atoms with E-state index in [-0.39, 0.29) is 0 Å². The van der Waals surface area contributed by atoms with Gasteiger partial charge >= 0.3 is 0 Å². The summed E-state index contributed by atoms with van der Waals surface area (Å²) < 4.78 is 24.8. The Labute approximate surface area is 108 Å². The summed E-state index contributed by atoms with van der Waals surface area (Å²) in [7, 11) is 3.78. The maximum atomic E-state index is 11.5. The first-order chi connectivity index (χ1) is 7.27. The van der Waals surface area contributed by atoms with E-state index >= 15 is 0 Å². The number of nitrogens with zero attached hydrogens (tertiary/aromatic N) is 2. The third kappa shape index (κ3) is 1.91. The molecule has 0 saturated heterocycles. The molecule has 0 N–H and O–H groups in total. The number of aryl methyl sites for hydroxylation is 2. The van der Waals surface area contributed by atoms with E-state index in [0.29, 0.717) is 19.3 Å². The van der Waals surface area contributed by atoms with Crippen molar-refractivity contribution in [2.75, 3.05) is 0 Å². The molecule has 1 aliphatic carbocycles. The van der Waals surface area contributed by atoms with Crippen LogP contribution in [0.5, 0.6) is 0 Å². The van der Waals surface area contributed by atoms with Gasteiger partial charge in [-0.2, -0.15) is 5.10 Å². The number of halogens is 2. The topological polar surface area (TPSA) is 52.0 Å². The van der Waals surface area contributed by atoms with Gasteiger partial charge in [-0.1, -0.05) is 0 Å². The van der Waals surface area contributed by atoms with Crippen LogP contribution in [0, 0.1) is 6.92 Å². The lowest BCUT2D eigenvalue weighted by Crippen LogP contribution is -2.22. The Morgan fingerprint density at radius 1 is 1.56 bits per heavy atom. The maximum Gasteiger partial charge on any atom is 0.238 e. The third-order valence-electron chi connectivity index (χ3n) is 3.08. The second kappa shape index (κ2) is 3.71. The molecule has 4 nitrogen and oxygen atoms in total. The van der Waals surface area contributed by atoms with Crippen LogP contribution in [0.15, 0.2) is 4.47 Å². The molecular formula is C9H12BrClN2O2S. The van der Waals surface area contributed by atoms with Gasteiger partial charge in [0.25, 0.3) is 0 Å². The zero-order valence-corrected chi connectivity index (χ0v) is 12.2. The summed E-state index contributed by atoms with van der Waals surface area (Å²) in [6.07, 6.45) is 1.70. The first kappa shape index (κ1) is 12.4. The van der Waals surface area contributed by atoms with Crippen LogP contribution in [-0.2, 0) is 22.5 Å². The number of rotatable bonds is 3. The molecule has 0 aliphatic heterocycles. The molecule has 1 saturated carbocycles. The van der Waals surface area contributed by atoms with Gasteiger partial charge < -0.3 is 0 Å². The van der Waals surface area contributed by atoms with Gasteiger partial charge in [0.05, 0.1) is 20.6 Å². The summed E-state index contributed by atoms with van der Waals surface area (Å²) in [6.45, 7) is 1.88. The Balaban J connectivity index is 2.36. The summed E-state index contributed by atoms with van der Waals surface area (Å²) in [4.78, 5) is 0. The first-order valence-corrected chi connectivity index (χ1v) is 7.99. The van der Waals surface area contributed by atoms with E-state index < -0.39 is 13.8 Å². The fraction of sp³-hybridized carbons (Fsp3) is 0.667. The van der Waals surface area contributed by atoms with E-state index in [1.165, 1.54) is 0 Å². The average molecular weight is 328 g/mol. The van der Waals surface area contributed by atoms with Crippen LogP contribution in [-0.4, -0.2) is 22.9 Å². The van der Waals surface area contributed by atoms with Crippen molar-refractivity contribution in [3.63, 3.8) is 0 Å². The summed E-state index contributed by atoms with van der Waals surface area (Å²) >= 11 is 3.43. The fourth-order valence-electron chi connectivity index (χ4n) is 1.82. The lowest BCUT2D eigenvalue weighted by atomic mass is 10.2. The van der Waals surface area contributed by atoms with Crippen molar-refractivity contribution in [3.05, 3.63) is 15.9 Å². The summed E-state index contributed by atoms with van der Waals surface area (Å²) in [5.41, 5.74) is 1.75. The molecule has 16 heavy (non-hydrogen) atoms. The molecule has 1 aromatic rings. The van der Waals surface area contributed by atoms with E-state index in [2.05, 4.69) is 21.0 Å². The minimum Gasteiger partial charge on any atom is -0.271 e. The average Bonchev–Trinajstić information content (AvgIpc) is 2.87. The highest BCUT2D eigenvalue weighted by Crippen LogP contribution is 2.48. The molecule has 0 spiro atoms. The number of hydrogen-bond acceptors (Lipinski definition) is 3. The van der Waals surface area contributed by atoms with Crippen molar-refractivity contribution in [2.24, 2.45) is 7.05 Å². The Kier molecular flexibility index (Phi) is 2.88. The van der Waals surface area contributed by atoms with E-state index in [9.17, 15) is 8.42 Å². The normalized spacial score (nSPS) is 18.8. The molecule has 90 valence electrons. The molecule has 0 amide bonds. The smallest absolute Gasteiger partial charge is 0.238 e. The largest absolute Gasteiger partial charge is 0.271 e. The van der Waals surface area contributed by atoms with Crippen LogP contribution in [0.2, 0.25) is 0 Å². The predicted molar refractivity (Wildman–Crippen MR) is 66.1 cm³/mol. The summed E-state index contributed by atoms with van der Waals surface area (Å²) in [5.74, 6) is 0. The van der Waals surface area contributed by atoms with Crippen LogP contribution < -0.4 is 0 Å². The molecule has 7 heteroatoms. The molecule has 0 aromatic carbocycles. The van der Waals surface area contributed by atoms with Crippen molar-refractivity contribution >= 4 is 35.7 Å². The highest BCUT2D eigenvalue weighted by atomic mass is 79.9. The van der Waals surface area contributed by atoms with Crippen LogP contribution in [0.25, 0.3) is 0 Å². The summed E-state index contributed by atoms with van der Waals surface area (Å²) in [5, 5.41) is 4.24. The molecule has 0 unspecified atom stereocenters. The van der Waals surface area contributed by atoms with Gasteiger partial charge in [0.1, 0.15) is 0 Å². The molecule has 2 rings (SSSR count). The molecule has 1 heterocycles. The van der Waals surface area contributed by atoms with Gasteiger partial charge in [0.2, 0.25) is 9.05 Å². The second-order valence-electron chi connectivity index (χ2n) is 4.27. The Morgan fingerprint density at radius 2 is 2.12 bits per heavy atom. The van der Waals surface area contributed by atoms with Crippen LogP contribution in [0.1, 0.15) is 24.2 Å². The lowest BCUT2D eigenvalue weighted by molar-refractivity contribution is 0.584. The third-order valence-corrected chi connectivity index (χ3v) is 6.68. The van der Waals surface area contributed by atoms with Gasteiger partial charge in [-0.25, -0.2) is 8.42 Å². The van der Waals surface area contributed by atoms with E-state index in [4.69, 9.17) is 10.7 Å². The monoisotopic (exact) mass is 326 g/mol. The lowest BCUT2D eigenvalue weighted by Gasteiger charge is -2.11. The van der Waals surface area contributed by atoms with Gasteiger partial charge in [-0.3, -0.25) is 4.68 Å². The second-order valence-corrected chi connectivity index (χ2v) is 8.02. The van der Waals surface area contributed by atoms with E-state index in [1.54, 1.807) is 4.68 Å². The molecule has 0 radical (unpaired) electrons. The van der Waals surface area contributed by atoms with Crippen molar-refractivity contribution in [2.45, 2.75) is 30.9 Å². The Morgan fingerprint density at radius 3 is 2.44 bits per heavy atom. The minimum atomic E-state index is -3.50. The first-order valence-electron chi connectivity index (χ1n) is 4.89. The molecule has 1 aliphatic rings. The number of aromatic nitrogens is 2. The van der Waals surface area contributed by atoms with Crippen molar-refractivity contribution < 1.29 is 8.42 Å². The van der Waals surface area contributed by atoms with Gasteiger partial charge in [0, 0.05) is 24.2 Å². The van der Waals surface area contributed by atoms with Crippen LogP contribution in [0.3, 0.4) is 0 Å². The standard InChI is InChI=1S/C9H12BrClN2O2S/c1-6-8(10)7(13(2)12-6)5-9(3-4-9)16(11,14)15/h3-5H2,1-2H3. The van der Waals surface area contributed by atoms with Crippen LogP contribution in [0.4, 0.5) is 0 Å². The van der Waals surface area contributed by atoms with E-state index in [0.717, 1.165) is 15.9 Å². The predicted octanol–water partition coefficient (Wildman–Crippen LogP) is 2.13. The van der Waals surface area contributed by atoms with E-state index in [1.807, 2.05) is 14.0 Å². The molecule has 1 aromatic heterocycles. The Bertz CT molecular complexity index is 534. The quantitative estimate of drug-likeness (QED) is 0.799. The maximum absolute atomic E-state index is 11.5. The highest BCUT2D eigenvalue weighted by molar-refractivity contribution is 9.10. The van der Waals surface area contributed by atoms with Crippen LogP contribution >= 0.6 is 26.6 Å². The molecular weight excluding hydrogens is 316 g/mol.